The maximum absolute atomic E-state index is 11.7. The second-order valence-electron chi connectivity index (χ2n) is 4.69. The van der Waals surface area contributed by atoms with E-state index in [4.69, 9.17) is 9.47 Å². The number of benzene rings is 1. The summed E-state index contributed by atoms with van der Waals surface area (Å²) in [5.41, 5.74) is 1.02. The van der Waals surface area contributed by atoms with E-state index in [-0.39, 0.29) is 12.1 Å². The summed E-state index contributed by atoms with van der Waals surface area (Å²) in [6.07, 6.45) is 4.87. The quantitative estimate of drug-likeness (QED) is 0.768. The minimum Gasteiger partial charge on any atom is -0.461 e. The number of esters is 1. The highest BCUT2D eigenvalue weighted by molar-refractivity contribution is 5.70. The van der Waals surface area contributed by atoms with E-state index in [9.17, 15) is 4.79 Å². The van der Waals surface area contributed by atoms with Crippen LogP contribution in [0.15, 0.2) is 30.3 Å². The Hall–Kier alpha value is -1.35. The average Bonchev–Trinajstić information content (AvgIpc) is 2.66. The van der Waals surface area contributed by atoms with Crippen molar-refractivity contribution in [2.45, 2.75) is 44.8 Å². The van der Waals surface area contributed by atoms with Gasteiger partial charge < -0.3 is 9.47 Å². The molecule has 0 N–H and O–H groups in total. The second-order valence-corrected chi connectivity index (χ2v) is 4.69. The number of ether oxygens (including phenoxy) is 2. The summed E-state index contributed by atoms with van der Waals surface area (Å²) in [5, 5.41) is 0. The van der Waals surface area contributed by atoms with Gasteiger partial charge in [-0.1, -0.05) is 43.2 Å². The molecule has 2 rings (SSSR count). The summed E-state index contributed by atoms with van der Waals surface area (Å²) in [5.74, 6) is -0.161. The first kappa shape index (κ1) is 13.1. The lowest BCUT2D eigenvalue weighted by atomic mass is 10.1. The fraction of sp³-hybridized carbons (Fsp3) is 0.533. The van der Waals surface area contributed by atoms with Crippen molar-refractivity contribution in [2.24, 2.45) is 0 Å². The molecular formula is C15H20O3. The van der Waals surface area contributed by atoms with Crippen LogP contribution < -0.4 is 0 Å². The van der Waals surface area contributed by atoms with Gasteiger partial charge >= 0.3 is 5.97 Å². The largest absolute Gasteiger partial charge is 0.461 e. The first-order valence-electron chi connectivity index (χ1n) is 6.66. The molecule has 1 heterocycles. The van der Waals surface area contributed by atoms with Gasteiger partial charge in [-0.2, -0.15) is 0 Å². The van der Waals surface area contributed by atoms with Gasteiger partial charge in [0.2, 0.25) is 0 Å². The first-order chi connectivity index (χ1) is 8.84. The second kappa shape index (κ2) is 7.17. The minimum atomic E-state index is -0.161. The number of hydrogen-bond donors (Lipinski definition) is 0. The maximum atomic E-state index is 11.7. The van der Waals surface area contributed by atoms with Crippen LogP contribution in [0.4, 0.5) is 0 Å². The van der Waals surface area contributed by atoms with Crippen LogP contribution in [0, 0.1) is 0 Å². The van der Waals surface area contributed by atoms with Gasteiger partial charge in [0.1, 0.15) is 6.61 Å². The molecule has 3 nitrogen and oxygen atoms in total. The van der Waals surface area contributed by atoms with Crippen molar-refractivity contribution in [3.8, 4) is 0 Å². The summed E-state index contributed by atoms with van der Waals surface area (Å²) >= 11 is 0. The summed E-state index contributed by atoms with van der Waals surface area (Å²) < 4.78 is 10.9. The van der Waals surface area contributed by atoms with Gasteiger partial charge in [-0.15, -0.1) is 0 Å². The highest BCUT2D eigenvalue weighted by Crippen LogP contribution is 2.16. The van der Waals surface area contributed by atoms with Gasteiger partial charge in [-0.3, -0.25) is 4.79 Å². The van der Waals surface area contributed by atoms with Crippen LogP contribution in [0.1, 0.15) is 37.7 Å². The molecule has 1 aliphatic heterocycles. The molecule has 1 aromatic carbocycles. The Kier molecular flexibility index (Phi) is 5.21. The summed E-state index contributed by atoms with van der Waals surface area (Å²) in [4.78, 5) is 11.7. The van der Waals surface area contributed by atoms with Crippen molar-refractivity contribution in [3.63, 3.8) is 0 Å². The third kappa shape index (κ3) is 4.49. The molecule has 1 atom stereocenters. The molecule has 1 fully saturated rings. The molecule has 0 aliphatic carbocycles. The zero-order chi connectivity index (χ0) is 12.6. The fourth-order valence-corrected chi connectivity index (χ4v) is 2.13. The molecule has 1 aromatic rings. The summed E-state index contributed by atoms with van der Waals surface area (Å²) in [6, 6.07) is 9.74. The van der Waals surface area contributed by atoms with Gasteiger partial charge in [0.25, 0.3) is 0 Å². The Labute approximate surface area is 108 Å². The van der Waals surface area contributed by atoms with Crippen molar-refractivity contribution < 1.29 is 14.3 Å². The van der Waals surface area contributed by atoms with Crippen molar-refractivity contribution in [2.75, 3.05) is 6.61 Å². The normalized spacial score (nSPS) is 20.1. The van der Waals surface area contributed by atoms with Gasteiger partial charge in [0, 0.05) is 6.61 Å². The molecule has 0 saturated carbocycles. The monoisotopic (exact) mass is 248 g/mol. The predicted octanol–water partition coefficient (Wildman–Crippen LogP) is 3.08. The number of rotatable bonds is 4. The van der Waals surface area contributed by atoms with E-state index in [2.05, 4.69) is 0 Å². The molecular weight excluding hydrogens is 228 g/mol. The zero-order valence-corrected chi connectivity index (χ0v) is 10.6. The minimum absolute atomic E-state index is 0.0516. The molecule has 0 bridgehead atoms. The molecule has 0 amide bonds. The molecule has 0 aromatic heterocycles. The molecule has 1 saturated heterocycles. The lowest BCUT2D eigenvalue weighted by molar-refractivity contribution is -0.148. The number of carbonyl (C=O) groups is 1. The third-order valence-corrected chi connectivity index (χ3v) is 3.16. The predicted molar refractivity (Wildman–Crippen MR) is 69.1 cm³/mol. The summed E-state index contributed by atoms with van der Waals surface area (Å²) in [6.45, 7) is 1.13. The first-order valence-corrected chi connectivity index (χ1v) is 6.66. The highest BCUT2D eigenvalue weighted by Gasteiger charge is 2.17. The Morgan fingerprint density at radius 1 is 1.22 bits per heavy atom. The van der Waals surface area contributed by atoms with E-state index in [1.165, 1.54) is 6.42 Å². The van der Waals surface area contributed by atoms with Gasteiger partial charge in [0.05, 0.1) is 12.5 Å². The van der Waals surface area contributed by atoms with Gasteiger partial charge in [-0.05, 0) is 18.4 Å². The van der Waals surface area contributed by atoms with Crippen LogP contribution >= 0.6 is 0 Å². The average molecular weight is 248 g/mol. The van der Waals surface area contributed by atoms with Crippen molar-refractivity contribution in [3.05, 3.63) is 35.9 Å². The van der Waals surface area contributed by atoms with E-state index in [0.717, 1.165) is 31.4 Å². The number of carbonyl (C=O) groups excluding carboxylic acids is 1. The molecule has 1 aliphatic rings. The zero-order valence-electron chi connectivity index (χ0n) is 10.6. The maximum Gasteiger partial charge on any atom is 0.308 e. The third-order valence-electron chi connectivity index (χ3n) is 3.16. The molecule has 18 heavy (non-hydrogen) atoms. The van der Waals surface area contributed by atoms with Crippen LogP contribution in [-0.2, 0) is 20.9 Å². The van der Waals surface area contributed by atoms with Crippen LogP contribution in [-0.4, -0.2) is 18.7 Å². The molecule has 3 heteroatoms. The molecule has 98 valence electrons. The Balaban J connectivity index is 1.71. The van der Waals surface area contributed by atoms with E-state index < -0.39 is 0 Å². The fourth-order valence-electron chi connectivity index (χ4n) is 2.13. The van der Waals surface area contributed by atoms with Crippen LogP contribution in [0.5, 0.6) is 0 Å². The van der Waals surface area contributed by atoms with Crippen molar-refractivity contribution in [1.29, 1.82) is 0 Å². The van der Waals surface area contributed by atoms with E-state index in [1.54, 1.807) is 0 Å². The Morgan fingerprint density at radius 2 is 2.06 bits per heavy atom. The van der Waals surface area contributed by atoms with Crippen LogP contribution in [0.3, 0.4) is 0 Å². The SMILES string of the molecule is O=C(C[C@@H]1CCCCCO1)OCc1ccccc1. The smallest absolute Gasteiger partial charge is 0.308 e. The lowest BCUT2D eigenvalue weighted by Gasteiger charge is -2.14. The van der Waals surface area contributed by atoms with Crippen LogP contribution in [0.25, 0.3) is 0 Å². The highest BCUT2D eigenvalue weighted by atomic mass is 16.5. The van der Waals surface area contributed by atoms with Crippen molar-refractivity contribution >= 4 is 5.97 Å². The topological polar surface area (TPSA) is 35.5 Å². The summed E-state index contributed by atoms with van der Waals surface area (Å²) in [7, 11) is 0. The standard InChI is InChI=1S/C15H20O3/c16-15(11-14-9-5-2-6-10-17-14)18-12-13-7-3-1-4-8-13/h1,3-4,7-8,14H,2,5-6,9-12H2/t14-/m0/s1. The number of hydrogen-bond acceptors (Lipinski definition) is 3. The van der Waals surface area contributed by atoms with Gasteiger partial charge in [0.15, 0.2) is 0 Å². The van der Waals surface area contributed by atoms with E-state index in [1.807, 2.05) is 30.3 Å². The lowest BCUT2D eigenvalue weighted by Crippen LogP contribution is -2.18. The van der Waals surface area contributed by atoms with E-state index in [0.29, 0.717) is 13.0 Å². The van der Waals surface area contributed by atoms with Crippen LogP contribution in [0.2, 0.25) is 0 Å². The van der Waals surface area contributed by atoms with Crippen molar-refractivity contribution in [1.82, 2.24) is 0 Å². The van der Waals surface area contributed by atoms with E-state index >= 15 is 0 Å². The molecule has 0 radical (unpaired) electrons. The molecule has 0 unspecified atom stereocenters. The molecule has 0 spiro atoms. The Morgan fingerprint density at radius 3 is 2.89 bits per heavy atom. The Bertz CT molecular complexity index is 353. The van der Waals surface area contributed by atoms with Gasteiger partial charge in [-0.25, -0.2) is 0 Å².